The van der Waals surface area contributed by atoms with Crippen LogP contribution >= 0.6 is 11.6 Å². The van der Waals surface area contributed by atoms with E-state index in [1.165, 1.54) is 0 Å². The van der Waals surface area contributed by atoms with Crippen molar-refractivity contribution in [3.63, 3.8) is 0 Å². The third-order valence-electron chi connectivity index (χ3n) is 4.03. The van der Waals surface area contributed by atoms with E-state index in [2.05, 4.69) is 9.97 Å². The summed E-state index contributed by atoms with van der Waals surface area (Å²) in [6, 6.07) is 3.58. The van der Waals surface area contributed by atoms with Crippen LogP contribution in [0.1, 0.15) is 12.6 Å². The smallest absolute Gasteiger partial charge is 0.228 e. The zero-order chi connectivity index (χ0) is 17.1. The summed E-state index contributed by atoms with van der Waals surface area (Å²) in [6.07, 6.45) is 5.16. The first-order valence-corrected chi connectivity index (χ1v) is 8.10. The summed E-state index contributed by atoms with van der Waals surface area (Å²) >= 11 is 6.08. The molecule has 2 aromatic rings. The minimum absolute atomic E-state index is 0.0109. The molecule has 24 heavy (non-hydrogen) atoms. The Morgan fingerprint density at radius 2 is 1.88 bits per heavy atom. The van der Waals surface area contributed by atoms with Gasteiger partial charge in [-0.1, -0.05) is 11.6 Å². The fraction of sp³-hybridized carbons (Fsp3) is 0.375. The molecule has 126 valence electrons. The topological polar surface area (TPSA) is 71.3 Å². The van der Waals surface area contributed by atoms with Gasteiger partial charge in [-0.2, -0.15) is 0 Å². The van der Waals surface area contributed by atoms with Gasteiger partial charge in [0.25, 0.3) is 0 Å². The molecule has 0 radical (unpaired) electrons. The van der Waals surface area contributed by atoms with Crippen molar-refractivity contribution in [2.75, 3.05) is 26.2 Å². The van der Waals surface area contributed by atoms with Crippen molar-refractivity contribution in [3.8, 4) is 5.82 Å². The van der Waals surface area contributed by atoms with Crippen molar-refractivity contribution in [3.05, 3.63) is 41.6 Å². The number of rotatable bonds is 3. The maximum absolute atomic E-state index is 12.4. The molecular formula is C16H18ClN5O2. The van der Waals surface area contributed by atoms with Crippen molar-refractivity contribution >= 4 is 23.4 Å². The summed E-state index contributed by atoms with van der Waals surface area (Å²) in [5.74, 6) is 0.615. The molecule has 1 fully saturated rings. The van der Waals surface area contributed by atoms with Crippen molar-refractivity contribution in [2.45, 2.75) is 13.3 Å². The molecule has 0 aliphatic carbocycles. The van der Waals surface area contributed by atoms with E-state index in [4.69, 9.17) is 11.6 Å². The molecule has 0 bridgehead atoms. The van der Waals surface area contributed by atoms with Gasteiger partial charge in [-0.05, 0) is 12.1 Å². The van der Waals surface area contributed by atoms with Crippen LogP contribution in [0.25, 0.3) is 5.82 Å². The van der Waals surface area contributed by atoms with Crippen LogP contribution in [0.15, 0.2) is 30.7 Å². The maximum Gasteiger partial charge on any atom is 0.228 e. The molecule has 1 saturated heterocycles. The van der Waals surface area contributed by atoms with E-state index in [1.807, 2.05) is 6.07 Å². The lowest BCUT2D eigenvalue weighted by atomic mass is 10.2. The number of hydrogen-bond acceptors (Lipinski definition) is 4. The normalized spacial score (nSPS) is 14.8. The Morgan fingerprint density at radius 1 is 1.17 bits per heavy atom. The highest BCUT2D eigenvalue weighted by atomic mass is 35.5. The Bertz CT molecular complexity index is 752. The number of amides is 2. The second-order valence-corrected chi connectivity index (χ2v) is 6.02. The first-order valence-electron chi connectivity index (χ1n) is 7.72. The predicted molar refractivity (Wildman–Crippen MR) is 88.9 cm³/mol. The predicted octanol–water partition coefficient (Wildman–Crippen LogP) is 1.15. The lowest BCUT2D eigenvalue weighted by molar-refractivity contribution is -0.138. The fourth-order valence-electron chi connectivity index (χ4n) is 2.68. The number of aromatic nitrogens is 3. The molecule has 3 heterocycles. The summed E-state index contributed by atoms with van der Waals surface area (Å²) in [6.45, 7) is 3.80. The molecule has 2 aromatic heterocycles. The lowest BCUT2D eigenvalue weighted by Crippen LogP contribution is -2.50. The largest absolute Gasteiger partial charge is 0.339 e. The van der Waals surface area contributed by atoms with Crippen molar-refractivity contribution in [1.82, 2.24) is 24.3 Å². The Balaban J connectivity index is 1.65. The van der Waals surface area contributed by atoms with E-state index in [0.717, 1.165) is 0 Å². The van der Waals surface area contributed by atoms with E-state index >= 15 is 0 Å². The number of halogens is 1. The van der Waals surface area contributed by atoms with E-state index in [9.17, 15) is 9.59 Å². The molecule has 0 spiro atoms. The average molecular weight is 348 g/mol. The minimum Gasteiger partial charge on any atom is -0.339 e. The Morgan fingerprint density at radius 3 is 2.50 bits per heavy atom. The van der Waals surface area contributed by atoms with Gasteiger partial charge in [-0.25, -0.2) is 4.98 Å². The van der Waals surface area contributed by atoms with Gasteiger partial charge in [-0.15, -0.1) is 0 Å². The second kappa shape index (κ2) is 7.00. The molecule has 1 aliphatic heterocycles. The van der Waals surface area contributed by atoms with E-state index in [0.29, 0.717) is 42.8 Å². The molecule has 0 unspecified atom stereocenters. The third-order valence-corrected chi connectivity index (χ3v) is 4.34. The minimum atomic E-state index is -0.0109. The van der Waals surface area contributed by atoms with Gasteiger partial charge in [0.15, 0.2) is 5.82 Å². The average Bonchev–Trinajstić information content (AvgIpc) is 3.01. The van der Waals surface area contributed by atoms with Gasteiger partial charge in [0.05, 0.1) is 18.3 Å². The van der Waals surface area contributed by atoms with Crippen LogP contribution < -0.4 is 0 Å². The number of nitrogens with zero attached hydrogens (tertiary/aromatic N) is 5. The van der Waals surface area contributed by atoms with Gasteiger partial charge in [0.2, 0.25) is 11.8 Å². The molecule has 0 N–H and O–H groups in total. The number of hydrogen-bond donors (Lipinski definition) is 0. The highest BCUT2D eigenvalue weighted by Crippen LogP contribution is 2.15. The van der Waals surface area contributed by atoms with Gasteiger partial charge < -0.3 is 9.80 Å². The number of carbonyl (C=O) groups excluding carboxylic acids is 2. The zero-order valence-electron chi connectivity index (χ0n) is 13.4. The van der Waals surface area contributed by atoms with Crippen LogP contribution in [0.3, 0.4) is 0 Å². The molecule has 0 aromatic carbocycles. The van der Waals surface area contributed by atoms with Crippen LogP contribution in [-0.2, 0) is 16.0 Å². The van der Waals surface area contributed by atoms with E-state index < -0.39 is 0 Å². The Kier molecular flexibility index (Phi) is 4.80. The maximum atomic E-state index is 12.4. The molecule has 7 nitrogen and oxygen atoms in total. The zero-order valence-corrected chi connectivity index (χ0v) is 14.1. The first kappa shape index (κ1) is 16.4. The summed E-state index contributed by atoms with van der Waals surface area (Å²) < 4.78 is 1.70. The van der Waals surface area contributed by atoms with Crippen LogP contribution in [0, 0.1) is 0 Å². The SMILES string of the molecule is CC(=O)N1CCN(C(=O)Cc2cncc(-n3cccc3Cl)n2)CC1. The Labute approximate surface area is 144 Å². The lowest BCUT2D eigenvalue weighted by Gasteiger charge is -2.34. The highest BCUT2D eigenvalue weighted by Gasteiger charge is 2.22. The third kappa shape index (κ3) is 3.56. The van der Waals surface area contributed by atoms with E-state index in [-0.39, 0.29) is 18.2 Å². The summed E-state index contributed by atoms with van der Waals surface area (Å²) in [5, 5.41) is 0.535. The monoisotopic (exact) mass is 347 g/mol. The van der Waals surface area contributed by atoms with Crippen molar-refractivity contribution in [2.24, 2.45) is 0 Å². The van der Waals surface area contributed by atoms with Gasteiger partial charge in [0.1, 0.15) is 5.15 Å². The van der Waals surface area contributed by atoms with Gasteiger partial charge in [0, 0.05) is 45.5 Å². The summed E-state index contributed by atoms with van der Waals surface area (Å²) in [4.78, 5) is 35.9. The molecule has 0 atom stereocenters. The van der Waals surface area contributed by atoms with Crippen LogP contribution in [0.5, 0.6) is 0 Å². The summed E-state index contributed by atoms with van der Waals surface area (Å²) in [7, 11) is 0. The molecular weight excluding hydrogens is 330 g/mol. The van der Waals surface area contributed by atoms with Gasteiger partial charge in [-0.3, -0.25) is 19.1 Å². The molecule has 1 aliphatic rings. The van der Waals surface area contributed by atoms with Crippen molar-refractivity contribution < 1.29 is 9.59 Å². The van der Waals surface area contributed by atoms with Gasteiger partial charge >= 0.3 is 0 Å². The van der Waals surface area contributed by atoms with Crippen LogP contribution in [-0.4, -0.2) is 62.3 Å². The highest BCUT2D eigenvalue weighted by molar-refractivity contribution is 6.29. The number of carbonyl (C=O) groups is 2. The van der Waals surface area contributed by atoms with Crippen LogP contribution in [0.2, 0.25) is 5.15 Å². The fourth-order valence-corrected chi connectivity index (χ4v) is 2.90. The standard InChI is InChI=1S/C16H18ClN5O2/c1-12(23)20-5-7-21(8-6-20)16(24)9-13-10-18-11-15(19-13)22-4-2-3-14(22)17/h2-4,10-11H,5-9H2,1H3. The first-order chi connectivity index (χ1) is 11.5. The second-order valence-electron chi connectivity index (χ2n) is 5.63. The molecule has 2 amide bonds. The van der Waals surface area contributed by atoms with Crippen LogP contribution in [0.4, 0.5) is 0 Å². The molecule has 3 rings (SSSR count). The summed E-state index contributed by atoms with van der Waals surface area (Å²) in [5.41, 5.74) is 0.594. The molecule has 8 heteroatoms. The van der Waals surface area contributed by atoms with Crippen molar-refractivity contribution in [1.29, 1.82) is 0 Å². The quantitative estimate of drug-likeness (QED) is 0.835. The Hall–Kier alpha value is -2.41. The molecule has 0 saturated carbocycles. The number of piperazine rings is 1. The van der Waals surface area contributed by atoms with E-state index in [1.54, 1.807) is 45.9 Å².